The van der Waals surface area contributed by atoms with Gasteiger partial charge in [0.15, 0.2) is 0 Å². The van der Waals surface area contributed by atoms with Crippen LogP contribution in [0.25, 0.3) is 11.3 Å². The summed E-state index contributed by atoms with van der Waals surface area (Å²) in [5, 5.41) is 16.6. The van der Waals surface area contributed by atoms with Gasteiger partial charge in [-0.1, -0.05) is 47.1 Å². The predicted molar refractivity (Wildman–Crippen MR) is 96.2 cm³/mol. The van der Waals surface area contributed by atoms with Gasteiger partial charge in [0, 0.05) is 16.1 Å². The van der Waals surface area contributed by atoms with Gasteiger partial charge in [0.1, 0.15) is 5.69 Å². The molecule has 132 valence electrons. The Morgan fingerprint density at radius 2 is 1.77 bits per heavy atom. The van der Waals surface area contributed by atoms with E-state index in [9.17, 15) is 14.7 Å². The van der Waals surface area contributed by atoms with Crippen LogP contribution in [0, 0.1) is 0 Å². The molecular formula is C19H15ClN2O4. The van der Waals surface area contributed by atoms with E-state index in [0.717, 1.165) is 0 Å². The Morgan fingerprint density at radius 3 is 2.38 bits per heavy atom. The number of benzene rings is 2. The summed E-state index contributed by atoms with van der Waals surface area (Å²) >= 11 is 5.90. The van der Waals surface area contributed by atoms with E-state index in [4.69, 9.17) is 16.1 Å². The summed E-state index contributed by atoms with van der Waals surface area (Å²) in [6.07, 6.45) is 0. The zero-order valence-corrected chi connectivity index (χ0v) is 14.5. The van der Waals surface area contributed by atoms with E-state index in [2.05, 4.69) is 10.5 Å². The van der Waals surface area contributed by atoms with Gasteiger partial charge in [-0.25, -0.2) is 4.79 Å². The molecule has 2 N–H and O–H groups in total. The first-order chi connectivity index (χ1) is 12.5. The fraction of sp³-hybridized carbons (Fsp3) is 0.105. The lowest BCUT2D eigenvalue weighted by Gasteiger charge is -2.14. The van der Waals surface area contributed by atoms with Crippen LogP contribution in [-0.4, -0.2) is 22.1 Å². The zero-order chi connectivity index (χ0) is 18.7. The first-order valence-corrected chi connectivity index (χ1v) is 8.20. The van der Waals surface area contributed by atoms with Gasteiger partial charge in [-0.05, 0) is 31.2 Å². The van der Waals surface area contributed by atoms with Crippen molar-refractivity contribution in [2.45, 2.75) is 13.0 Å². The van der Waals surface area contributed by atoms with E-state index in [0.29, 0.717) is 27.4 Å². The van der Waals surface area contributed by atoms with Crippen LogP contribution in [0.4, 0.5) is 0 Å². The number of carbonyl (C=O) groups excluding carboxylic acids is 1. The van der Waals surface area contributed by atoms with Gasteiger partial charge >= 0.3 is 5.97 Å². The van der Waals surface area contributed by atoms with Crippen LogP contribution in [0.3, 0.4) is 0 Å². The number of hydrogen-bond acceptors (Lipinski definition) is 4. The van der Waals surface area contributed by atoms with E-state index in [1.807, 2.05) is 0 Å². The van der Waals surface area contributed by atoms with Crippen molar-refractivity contribution in [3.8, 4) is 11.3 Å². The lowest BCUT2D eigenvalue weighted by atomic mass is 10.00. The summed E-state index contributed by atoms with van der Waals surface area (Å²) in [5.74, 6) is -1.89. The molecule has 6 nitrogen and oxygen atoms in total. The third kappa shape index (κ3) is 3.60. The van der Waals surface area contributed by atoms with Crippen LogP contribution in [0.1, 0.15) is 39.4 Å². The highest BCUT2D eigenvalue weighted by Gasteiger charge is 2.28. The minimum Gasteiger partial charge on any atom is -0.475 e. The van der Waals surface area contributed by atoms with Crippen LogP contribution in [0.5, 0.6) is 0 Å². The van der Waals surface area contributed by atoms with Gasteiger partial charge in [-0.3, -0.25) is 4.79 Å². The van der Waals surface area contributed by atoms with Gasteiger partial charge in [0.2, 0.25) is 5.76 Å². The number of nitrogens with zero attached hydrogens (tertiary/aromatic N) is 1. The van der Waals surface area contributed by atoms with Crippen molar-refractivity contribution in [1.82, 2.24) is 10.5 Å². The number of aromatic nitrogens is 1. The number of amides is 1. The molecule has 1 atom stereocenters. The van der Waals surface area contributed by atoms with E-state index in [1.165, 1.54) is 0 Å². The molecule has 3 rings (SSSR count). The van der Waals surface area contributed by atoms with E-state index in [-0.39, 0.29) is 11.7 Å². The summed E-state index contributed by atoms with van der Waals surface area (Å²) in [6, 6.07) is 14.8. The van der Waals surface area contributed by atoms with Gasteiger partial charge in [0.05, 0.1) is 11.6 Å². The molecule has 0 aliphatic rings. The first kappa shape index (κ1) is 17.7. The third-order valence-corrected chi connectivity index (χ3v) is 4.11. The second-order valence-electron chi connectivity index (χ2n) is 5.65. The maximum Gasteiger partial charge on any atom is 0.375 e. The lowest BCUT2D eigenvalue weighted by Crippen LogP contribution is -2.27. The Balaban J connectivity index is 1.96. The summed E-state index contributed by atoms with van der Waals surface area (Å²) in [4.78, 5) is 23.9. The van der Waals surface area contributed by atoms with Gasteiger partial charge in [-0.2, -0.15) is 0 Å². The second kappa shape index (κ2) is 7.41. The van der Waals surface area contributed by atoms with Crippen LogP contribution in [-0.2, 0) is 0 Å². The van der Waals surface area contributed by atoms with Crippen LogP contribution >= 0.6 is 11.6 Å². The summed E-state index contributed by atoms with van der Waals surface area (Å²) in [7, 11) is 0. The minimum atomic E-state index is -1.26. The van der Waals surface area contributed by atoms with Crippen molar-refractivity contribution >= 4 is 23.5 Å². The molecule has 0 saturated heterocycles. The lowest BCUT2D eigenvalue weighted by molar-refractivity contribution is 0.0648. The van der Waals surface area contributed by atoms with Crippen LogP contribution in [0.2, 0.25) is 5.02 Å². The van der Waals surface area contributed by atoms with E-state index in [1.54, 1.807) is 61.5 Å². The molecule has 1 unspecified atom stereocenters. The van der Waals surface area contributed by atoms with Crippen molar-refractivity contribution in [2.75, 3.05) is 0 Å². The number of carbonyl (C=O) groups is 2. The molecule has 1 amide bonds. The molecule has 0 fully saturated rings. The number of hydrogen-bond donors (Lipinski definition) is 2. The molecule has 2 aromatic carbocycles. The number of carboxylic acids is 1. The molecule has 0 bridgehead atoms. The van der Waals surface area contributed by atoms with Crippen molar-refractivity contribution in [1.29, 1.82) is 0 Å². The average molecular weight is 371 g/mol. The summed E-state index contributed by atoms with van der Waals surface area (Å²) in [6.45, 7) is 1.68. The molecule has 26 heavy (non-hydrogen) atoms. The van der Waals surface area contributed by atoms with Crippen LogP contribution in [0.15, 0.2) is 59.1 Å². The molecule has 0 aliphatic heterocycles. The fourth-order valence-electron chi connectivity index (χ4n) is 2.61. The Morgan fingerprint density at radius 1 is 1.12 bits per heavy atom. The largest absolute Gasteiger partial charge is 0.475 e. The van der Waals surface area contributed by atoms with Gasteiger partial charge < -0.3 is 14.9 Å². The van der Waals surface area contributed by atoms with E-state index >= 15 is 0 Å². The highest BCUT2D eigenvalue weighted by Crippen LogP contribution is 2.31. The van der Waals surface area contributed by atoms with Crippen molar-refractivity contribution in [2.24, 2.45) is 0 Å². The highest BCUT2D eigenvalue weighted by molar-refractivity contribution is 6.30. The quantitative estimate of drug-likeness (QED) is 0.702. The van der Waals surface area contributed by atoms with E-state index < -0.39 is 12.0 Å². The molecule has 0 radical (unpaired) electrons. The molecular weight excluding hydrogens is 356 g/mol. The standard InChI is InChI=1S/C19H15ClN2O4/c1-11(21-18(23)13-5-3-2-4-6-13)15-16(22-26-17(15)19(24)25)12-7-9-14(20)10-8-12/h2-11H,1H3,(H,21,23)(H,24,25). The maximum absolute atomic E-state index is 12.4. The summed E-state index contributed by atoms with van der Waals surface area (Å²) in [5.41, 5.74) is 1.76. The van der Waals surface area contributed by atoms with Gasteiger partial charge in [-0.15, -0.1) is 0 Å². The Kier molecular flexibility index (Phi) is 5.04. The molecule has 7 heteroatoms. The maximum atomic E-state index is 12.4. The number of nitrogens with one attached hydrogen (secondary N) is 1. The van der Waals surface area contributed by atoms with Crippen molar-refractivity contribution in [3.05, 3.63) is 76.5 Å². The SMILES string of the molecule is CC(NC(=O)c1ccccc1)c1c(-c2ccc(Cl)cc2)noc1C(=O)O. The Labute approximate surface area is 154 Å². The fourth-order valence-corrected chi connectivity index (χ4v) is 2.74. The molecule has 0 saturated carbocycles. The zero-order valence-electron chi connectivity index (χ0n) is 13.8. The Hall–Kier alpha value is -3.12. The number of carboxylic acid groups (broad SMARTS) is 1. The second-order valence-corrected chi connectivity index (χ2v) is 6.08. The average Bonchev–Trinajstić information content (AvgIpc) is 3.08. The molecule has 0 aliphatic carbocycles. The predicted octanol–water partition coefficient (Wildman–Crippen LogP) is 4.18. The monoisotopic (exact) mass is 370 g/mol. The van der Waals surface area contributed by atoms with Gasteiger partial charge in [0.25, 0.3) is 5.91 Å². The number of rotatable bonds is 5. The molecule has 3 aromatic rings. The normalized spacial score (nSPS) is 11.8. The smallest absolute Gasteiger partial charge is 0.375 e. The first-order valence-electron chi connectivity index (χ1n) is 7.82. The third-order valence-electron chi connectivity index (χ3n) is 3.86. The molecule has 1 aromatic heterocycles. The minimum absolute atomic E-state index is 0.295. The molecule has 1 heterocycles. The van der Waals surface area contributed by atoms with Crippen molar-refractivity contribution < 1.29 is 19.2 Å². The number of halogens is 1. The number of aromatic carboxylic acids is 1. The van der Waals surface area contributed by atoms with Crippen molar-refractivity contribution in [3.63, 3.8) is 0 Å². The highest BCUT2D eigenvalue weighted by atomic mass is 35.5. The molecule has 0 spiro atoms. The van der Waals surface area contributed by atoms with Crippen LogP contribution < -0.4 is 5.32 Å². The topological polar surface area (TPSA) is 92.4 Å². The Bertz CT molecular complexity index is 936. The summed E-state index contributed by atoms with van der Waals surface area (Å²) < 4.78 is 5.02.